The predicted octanol–water partition coefficient (Wildman–Crippen LogP) is 2.89. The summed E-state index contributed by atoms with van der Waals surface area (Å²) in [6, 6.07) is 7.96. The molecule has 0 aliphatic rings. The topological polar surface area (TPSA) is 61.0 Å². The van der Waals surface area contributed by atoms with Gasteiger partial charge < -0.3 is 10.5 Å². The maximum absolute atomic E-state index is 5.76. The van der Waals surface area contributed by atoms with E-state index in [2.05, 4.69) is 26.1 Å². The fraction of sp³-hybridized carbons (Fsp3) is 0.286. The van der Waals surface area contributed by atoms with Crippen LogP contribution < -0.4 is 10.5 Å². The van der Waals surface area contributed by atoms with E-state index in [1.807, 2.05) is 38.1 Å². The number of benzene rings is 1. The lowest BCUT2D eigenvalue weighted by atomic mass is 10.1. The Balaban J connectivity index is 2.15. The maximum Gasteiger partial charge on any atom is 0.238 e. The van der Waals surface area contributed by atoms with Gasteiger partial charge in [0.15, 0.2) is 0 Å². The van der Waals surface area contributed by atoms with E-state index in [0.717, 1.165) is 26.9 Å². The van der Waals surface area contributed by atoms with Gasteiger partial charge in [0, 0.05) is 16.6 Å². The molecular weight excluding hydrogens is 306 g/mol. The van der Waals surface area contributed by atoms with Crippen LogP contribution in [-0.4, -0.2) is 10.2 Å². The molecule has 1 aromatic heterocycles. The molecule has 1 aromatic carbocycles. The SMILES string of the molecule is Cc1nnc(OCc2ccc(Br)cc2)c(CN)c1C. The van der Waals surface area contributed by atoms with E-state index in [-0.39, 0.29) is 0 Å². The van der Waals surface area contributed by atoms with Crippen molar-refractivity contribution >= 4 is 15.9 Å². The third-order valence-corrected chi connectivity index (χ3v) is 3.57. The number of halogens is 1. The number of hydrogen-bond acceptors (Lipinski definition) is 4. The number of aromatic nitrogens is 2. The van der Waals surface area contributed by atoms with Gasteiger partial charge in [0.2, 0.25) is 5.88 Å². The number of hydrogen-bond donors (Lipinski definition) is 1. The molecule has 1 heterocycles. The Morgan fingerprint density at radius 1 is 1.16 bits per heavy atom. The van der Waals surface area contributed by atoms with Crippen LogP contribution >= 0.6 is 15.9 Å². The molecule has 0 aliphatic carbocycles. The highest BCUT2D eigenvalue weighted by Gasteiger charge is 2.10. The molecule has 0 aliphatic heterocycles. The van der Waals surface area contributed by atoms with E-state index >= 15 is 0 Å². The normalized spacial score (nSPS) is 10.5. The standard InChI is InChI=1S/C14H16BrN3O/c1-9-10(2)17-18-14(13(9)7-16)19-8-11-3-5-12(15)6-4-11/h3-6H,7-8,16H2,1-2H3. The number of nitrogens with two attached hydrogens (primary N) is 1. The molecule has 5 heteroatoms. The molecule has 0 atom stereocenters. The Kier molecular flexibility index (Phi) is 4.50. The predicted molar refractivity (Wildman–Crippen MR) is 77.9 cm³/mol. The Labute approximate surface area is 121 Å². The second-order valence-corrected chi connectivity index (χ2v) is 5.23. The Hall–Kier alpha value is -1.46. The molecule has 0 amide bonds. The van der Waals surface area contributed by atoms with E-state index in [0.29, 0.717) is 19.0 Å². The van der Waals surface area contributed by atoms with Gasteiger partial charge in [0.1, 0.15) is 6.61 Å². The zero-order chi connectivity index (χ0) is 13.8. The van der Waals surface area contributed by atoms with Crippen molar-refractivity contribution in [1.82, 2.24) is 10.2 Å². The first kappa shape index (κ1) is 14.0. The molecular formula is C14H16BrN3O. The van der Waals surface area contributed by atoms with Crippen molar-refractivity contribution < 1.29 is 4.74 Å². The van der Waals surface area contributed by atoms with Crippen LogP contribution in [-0.2, 0) is 13.2 Å². The fourth-order valence-corrected chi connectivity index (χ4v) is 1.99. The summed E-state index contributed by atoms with van der Waals surface area (Å²) in [4.78, 5) is 0. The van der Waals surface area contributed by atoms with Gasteiger partial charge in [0.25, 0.3) is 0 Å². The van der Waals surface area contributed by atoms with E-state index in [4.69, 9.17) is 10.5 Å². The van der Waals surface area contributed by atoms with Crippen molar-refractivity contribution in [2.24, 2.45) is 5.73 Å². The minimum absolute atomic E-state index is 0.401. The lowest BCUT2D eigenvalue weighted by Crippen LogP contribution is -2.09. The molecule has 100 valence electrons. The third-order valence-electron chi connectivity index (χ3n) is 3.04. The summed E-state index contributed by atoms with van der Waals surface area (Å²) >= 11 is 3.40. The molecule has 4 nitrogen and oxygen atoms in total. The van der Waals surface area contributed by atoms with Crippen molar-refractivity contribution in [1.29, 1.82) is 0 Å². The molecule has 0 saturated carbocycles. The Bertz CT molecular complexity index is 570. The number of nitrogens with zero attached hydrogens (tertiary/aromatic N) is 2. The van der Waals surface area contributed by atoms with Crippen molar-refractivity contribution in [3.8, 4) is 5.88 Å². The van der Waals surface area contributed by atoms with Crippen LogP contribution in [0.4, 0.5) is 0 Å². The quantitative estimate of drug-likeness (QED) is 0.940. The van der Waals surface area contributed by atoms with Gasteiger partial charge in [-0.25, -0.2) is 0 Å². The van der Waals surface area contributed by atoms with E-state index < -0.39 is 0 Å². The second kappa shape index (κ2) is 6.12. The first-order valence-electron chi connectivity index (χ1n) is 6.02. The first-order chi connectivity index (χ1) is 9.11. The smallest absolute Gasteiger partial charge is 0.238 e. The summed E-state index contributed by atoms with van der Waals surface area (Å²) in [6.07, 6.45) is 0. The van der Waals surface area contributed by atoms with Gasteiger partial charge in [-0.05, 0) is 37.1 Å². The summed E-state index contributed by atoms with van der Waals surface area (Å²) in [7, 11) is 0. The van der Waals surface area contributed by atoms with Gasteiger partial charge in [0.05, 0.1) is 5.69 Å². The van der Waals surface area contributed by atoms with Crippen molar-refractivity contribution in [3.05, 3.63) is 51.1 Å². The maximum atomic E-state index is 5.76. The van der Waals surface area contributed by atoms with Crippen LogP contribution in [0.25, 0.3) is 0 Å². The second-order valence-electron chi connectivity index (χ2n) is 4.31. The van der Waals surface area contributed by atoms with E-state index in [1.165, 1.54) is 0 Å². The van der Waals surface area contributed by atoms with Crippen LogP contribution in [0.1, 0.15) is 22.4 Å². The molecule has 2 aromatic rings. The third kappa shape index (κ3) is 3.30. The highest BCUT2D eigenvalue weighted by Crippen LogP contribution is 2.21. The molecule has 0 spiro atoms. The molecule has 0 radical (unpaired) electrons. The van der Waals surface area contributed by atoms with Crippen LogP contribution in [0, 0.1) is 13.8 Å². The summed E-state index contributed by atoms with van der Waals surface area (Å²) in [5.74, 6) is 0.522. The lowest BCUT2D eigenvalue weighted by molar-refractivity contribution is 0.286. The van der Waals surface area contributed by atoms with E-state index in [1.54, 1.807) is 0 Å². The van der Waals surface area contributed by atoms with Gasteiger partial charge in [-0.1, -0.05) is 28.1 Å². The first-order valence-corrected chi connectivity index (χ1v) is 6.81. The average Bonchev–Trinajstić information content (AvgIpc) is 2.42. The Morgan fingerprint density at radius 2 is 1.84 bits per heavy atom. The van der Waals surface area contributed by atoms with Gasteiger partial charge in [-0.2, -0.15) is 5.10 Å². The summed E-state index contributed by atoms with van der Waals surface area (Å²) < 4.78 is 6.77. The van der Waals surface area contributed by atoms with Gasteiger partial charge in [-0.15, -0.1) is 5.10 Å². The summed E-state index contributed by atoms with van der Waals surface area (Å²) in [6.45, 7) is 4.76. The molecule has 0 fully saturated rings. The number of ether oxygens (including phenoxy) is 1. The molecule has 19 heavy (non-hydrogen) atoms. The van der Waals surface area contributed by atoms with Crippen LogP contribution in [0.5, 0.6) is 5.88 Å². The van der Waals surface area contributed by atoms with E-state index in [9.17, 15) is 0 Å². The fourth-order valence-electron chi connectivity index (χ4n) is 1.72. The molecule has 2 N–H and O–H groups in total. The van der Waals surface area contributed by atoms with Gasteiger partial charge >= 0.3 is 0 Å². The molecule has 0 unspecified atom stereocenters. The minimum Gasteiger partial charge on any atom is -0.471 e. The summed E-state index contributed by atoms with van der Waals surface area (Å²) in [5, 5.41) is 8.16. The van der Waals surface area contributed by atoms with Gasteiger partial charge in [-0.3, -0.25) is 0 Å². The van der Waals surface area contributed by atoms with Crippen molar-refractivity contribution in [3.63, 3.8) is 0 Å². The molecule has 0 saturated heterocycles. The number of rotatable bonds is 4. The number of aryl methyl sites for hydroxylation is 1. The van der Waals surface area contributed by atoms with Crippen LogP contribution in [0.2, 0.25) is 0 Å². The van der Waals surface area contributed by atoms with Crippen molar-refractivity contribution in [2.75, 3.05) is 0 Å². The average molecular weight is 322 g/mol. The Morgan fingerprint density at radius 3 is 2.47 bits per heavy atom. The lowest BCUT2D eigenvalue weighted by Gasteiger charge is -2.12. The molecule has 2 rings (SSSR count). The summed E-state index contributed by atoms with van der Waals surface area (Å²) in [5.41, 5.74) is 9.68. The zero-order valence-corrected chi connectivity index (χ0v) is 12.6. The van der Waals surface area contributed by atoms with Crippen LogP contribution in [0.3, 0.4) is 0 Å². The highest BCUT2D eigenvalue weighted by molar-refractivity contribution is 9.10. The van der Waals surface area contributed by atoms with Crippen LogP contribution in [0.15, 0.2) is 28.7 Å². The van der Waals surface area contributed by atoms with Crippen molar-refractivity contribution in [2.45, 2.75) is 27.0 Å². The monoisotopic (exact) mass is 321 g/mol. The zero-order valence-electron chi connectivity index (χ0n) is 11.0. The molecule has 0 bridgehead atoms. The largest absolute Gasteiger partial charge is 0.471 e. The minimum atomic E-state index is 0.401. The highest BCUT2D eigenvalue weighted by atomic mass is 79.9.